The van der Waals surface area contributed by atoms with Gasteiger partial charge in [0, 0.05) is 18.7 Å². The summed E-state index contributed by atoms with van der Waals surface area (Å²) in [7, 11) is 0. The number of benzene rings is 1. The van der Waals surface area contributed by atoms with Gasteiger partial charge in [0.15, 0.2) is 6.61 Å². The number of amides is 4. The third-order valence-electron chi connectivity index (χ3n) is 4.89. The average molecular weight is 420 g/mol. The molecule has 0 aliphatic carbocycles. The molecule has 2 N–H and O–H groups in total. The molecule has 3 rings (SSSR count). The molecule has 0 unspecified atom stereocenters. The number of fused-ring (bicyclic) bond motifs is 1. The minimum atomic E-state index is -0.752. The molecule has 0 saturated carbocycles. The van der Waals surface area contributed by atoms with E-state index in [1.165, 1.54) is 0 Å². The average Bonchev–Trinajstić information content (AvgIpc) is 3.24. The summed E-state index contributed by atoms with van der Waals surface area (Å²) in [5.41, 5.74) is 0.978. The molecule has 156 valence electrons. The normalized spacial score (nSPS) is 23.1. The molecule has 2 aliphatic heterocycles. The highest BCUT2D eigenvalue weighted by Crippen LogP contribution is 2.54. The Balaban J connectivity index is 1.58. The van der Waals surface area contributed by atoms with Crippen molar-refractivity contribution in [3.05, 3.63) is 35.9 Å². The summed E-state index contributed by atoms with van der Waals surface area (Å²) < 4.78 is 5.11. The molecule has 29 heavy (non-hydrogen) atoms. The molecule has 8 nitrogen and oxygen atoms in total. The number of ether oxygens (including phenoxy) is 1. The van der Waals surface area contributed by atoms with Crippen molar-refractivity contribution in [1.29, 1.82) is 0 Å². The summed E-state index contributed by atoms with van der Waals surface area (Å²) in [4.78, 5) is 49.6. The third kappa shape index (κ3) is 4.55. The summed E-state index contributed by atoms with van der Waals surface area (Å²) in [5.74, 6) is -0.805. The van der Waals surface area contributed by atoms with Gasteiger partial charge in [0.2, 0.25) is 5.91 Å². The van der Waals surface area contributed by atoms with E-state index in [-0.39, 0.29) is 11.8 Å². The van der Waals surface area contributed by atoms with Crippen LogP contribution in [0.2, 0.25) is 0 Å². The molecule has 0 radical (unpaired) electrons. The predicted molar refractivity (Wildman–Crippen MR) is 108 cm³/mol. The van der Waals surface area contributed by atoms with Gasteiger partial charge in [0.05, 0.1) is 0 Å². The summed E-state index contributed by atoms with van der Waals surface area (Å²) in [6.07, 6.45) is 0.989. The Kier molecular flexibility index (Phi) is 6.46. The Bertz CT molecular complexity index is 801. The maximum atomic E-state index is 12.6. The van der Waals surface area contributed by atoms with Gasteiger partial charge in [-0.1, -0.05) is 44.2 Å². The van der Waals surface area contributed by atoms with E-state index < -0.39 is 35.4 Å². The molecular weight excluding hydrogens is 394 g/mol. The van der Waals surface area contributed by atoms with Crippen LogP contribution >= 0.6 is 11.8 Å². The van der Waals surface area contributed by atoms with Crippen LogP contribution in [0, 0.1) is 5.92 Å². The maximum Gasteiger partial charge on any atom is 0.330 e. The van der Waals surface area contributed by atoms with Gasteiger partial charge in [-0.3, -0.25) is 14.9 Å². The first-order chi connectivity index (χ1) is 13.8. The van der Waals surface area contributed by atoms with E-state index in [0.717, 1.165) is 5.56 Å². The van der Waals surface area contributed by atoms with E-state index in [1.54, 1.807) is 16.7 Å². The van der Waals surface area contributed by atoms with Gasteiger partial charge < -0.3 is 15.0 Å². The second-order valence-corrected chi connectivity index (χ2v) is 8.80. The molecule has 2 heterocycles. The van der Waals surface area contributed by atoms with Crippen molar-refractivity contribution in [3.8, 4) is 0 Å². The first-order valence-corrected chi connectivity index (χ1v) is 10.6. The molecule has 2 saturated heterocycles. The number of carbonyl (C=O) groups excluding carboxylic acids is 4. The Morgan fingerprint density at radius 2 is 2.00 bits per heavy atom. The van der Waals surface area contributed by atoms with Crippen LogP contribution in [0.4, 0.5) is 4.79 Å². The fourth-order valence-electron chi connectivity index (χ4n) is 3.55. The summed E-state index contributed by atoms with van der Waals surface area (Å²) in [6, 6.07) is 8.25. The molecule has 2 aliphatic rings. The first-order valence-electron chi connectivity index (χ1n) is 9.59. The largest absolute Gasteiger partial charge is 0.454 e. The van der Waals surface area contributed by atoms with E-state index in [2.05, 4.69) is 10.6 Å². The van der Waals surface area contributed by atoms with E-state index >= 15 is 0 Å². The van der Waals surface area contributed by atoms with Crippen LogP contribution in [0.3, 0.4) is 0 Å². The van der Waals surface area contributed by atoms with Crippen LogP contribution in [0.25, 0.3) is 0 Å². The predicted octanol–water partition coefficient (Wildman–Crippen LogP) is 1.60. The minimum Gasteiger partial charge on any atom is -0.454 e. The van der Waals surface area contributed by atoms with E-state index in [0.29, 0.717) is 25.1 Å². The second-order valence-electron chi connectivity index (χ2n) is 7.50. The zero-order valence-electron chi connectivity index (χ0n) is 16.5. The third-order valence-corrected chi connectivity index (χ3v) is 6.49. The van der Waals surface area contributed by atoms with Gasteiger partial charge in [-0.15, -0.1) is 11.8 Å². The van der Waals surface area contributed by atoms with Crippen LogP contribution in [-0.4, -0.2) is 53.7 Å². The smallest absolute Gasteiger partial charge is 0.330 e. The molecular formula is C20H25N3O5S. The highest BCUT2D eigenvalue weighted by Gasteiger charge is 2.57. The quantitative estimate of drug-likeness (QED) is 0.679. The zero-order chi connectivity index (χ0) is 21.0. The second kappa shape index (κ2) is 8.86. The molecule has 9 heteroatoms. The van der Waals surface area contributed by atoms with E-state index in [1.807, 2.05) is 44.2 Å². The molecule has 1 aromatic rings. The van der Waals surface area contributed by atoms with Crippen molar-refractivity contribution in [2.75, 3.05) is 18.9 Å². The van der Waals surface area contributed by atoms with Gasteiger partial charge in [-0.2, -0.15) is 0 Å². The first kappa shape index (κ1) is 21.2. The lowest BCUT2D eigenvalue weighted by Crippen LogP contribution is -2.47. The number of nitrogens with zero attached hydrogens (tertiary/aromatic N) is 1. The summed E-state index contributed by atoms with van der Waals surface area (Å²) in [5, 5.41) is 4.67. The maximum absolute atomic E-state index is 12.6. The lowest BCUT2D eigenvalue weighted by atomic mass is 10.0. The van der Waals surface area contributed by atoms with Crippen molar-refractivity contribution in [1.82, 2.24) is 15.5 Å². The van der Waals surface area contributed by atoms with Gasteiger partial charge in [-0.25, -0.2) is 9.59 Å². The van der Waals surface area contributed by atoms with Gasteiger partial charge in [0.25, 0.3) is 5.91 Å². The number of nitrogens with one attached hydrogen (secondary N) is 2. The molecule has 2 atom stereocenters. The molecule has 0 aromatic heterocycles. The van der Waals surface area contributed by atoms with E-state index in [4.69, 9.17) is 4.74 Å². The van der Waals surface area contributed by atoms with Crippen molar-refractivity contribution in [2.45, 2.75) is 37.6 Å². The molecule has 0 bridgehead atoms. The van der Waals surface area contributed by atoms with Crippen molar-refractivity contribution >= 4 is 35.6 Å². The highest BCUT2D eigenvalue weighted by atomic mass is 32.2. The fourth-order valence-corrected chi connectivity index (χ4v) is 5.19. The summed E-state index contributed by atoms with van der Waals surface area (Å²) >= 11 is 1.55. The number of esters is 1. The van der Waals surface area contributed by atoms with Gasteiger partial charge in [0.1, 0.15) is 10.9 Å². The number of thioether (sulfide) groups is 1. The minimum absolute atomic E-state index is 0.0988. The highest BCUT2D eigenvalue weighted by molar-refractivity contribution is 8.00. The summed E-state index contributed by atoms with van der Waals surface area (Å²) in [6.45, 7) is 3.71. The van der Waals surface area contributed by atoms with Crippen molar-refractivity contribution in [2.24, 2.45) is 5.92 Å². The number of carbonyl (C=O) groups is 4. The van der Waals surface area contributed by atoms with Crippen LogP contribution < -0.4 is 10.6 Å². The Labute approximate surface area is 173 Å². The molecule has 0 spiro atoms. The molecule has 2 fully saturated rings. The standard InChI is InChI=1S/C20H25N3O5S/c1-13(2)10-21-19(27)22-16(24)11-28-18(26)15-12-29-20(9-8-17(25)23(15)20)14-6-4-3-5-7-14/h3-7,13,15H,8-12H2,1-2H3,(H2,21,22,24,27)/t15-,20-/m0/s1. The number of imide groups is 1. The zero-order valence-corrected chi connectivity index (χ0v) is 17.3. The van der Waals surface area contributed by atoms with Crippen LogP contribution in [0.1, 0.15) is 32.3 Å². The SMILES string of the molecule is CC(C)CNC(=O)NC(=O)COC(=O)[C@@H]1CS[C@]2(c3ccccc3)CCC(=O)N12. The number of hydrogen-bond donors (Lipinski definition) is 2. The molecule has 1 aromatic carbocycles. The fraction of sp³-hybridized carbons (Fsp3) is 0.500. The lowest BCUT2D eigenvalue weighted by molar-refractivity contribution is -0.156. The van der Waals surface area contributed by atoms with Crippen molar-refractivity contribution < 1.29 is 23.9 Å². The Hall–Kier alpha value is -2.55. The monoisotopic (exact) mass is 419 g/mol. The number of urea groups is 1. The van der Waals surface area contributed by atoms with Gasteiger partial charge in [-0.05, 0) is 17.9 Å². The van der Waals surface area contributed by atoms with Crippen LogP contribution in [0.15, 0.2) is 30.3 Å². The topological polar surface area (TPSA) is 105 Å². The number of rotatable bonds is 6. The molecule has 4 amide bonds. The Morgan fingerprint density at radius 1 is 1.28 bits per heavy atom. The lowest BCUT2D eigenvalue weighted by Gasteiger charge is -2.33. The van der Waals surface area contributed by atoms with Crippen molar-refractivity contribution in [3.63, 3.8) is 0 Å². The van der Waals surface area contributed by atoms with E-state index in [9.17, 15) is 19.2 Å². The van der Waals surface area contributed by atoms with Crippen LogP contribution in [0.5, 0.6) is 0 Å². The number of hydrogen-bond acceptors (Lipinski definition) is 6. The van der Waals surface area contributed by atoms with Gasteiger partial charge >= 0.3 is 12.0 Å². The van der Waals surface area contributed by atoms with Crippen LogP contribution in [-0.2, 0) is 24.0 Å². The Morgan fingerprint density at radius 3 is 2.69 bits per heavy atom.